The second-order valence-corrected chi connectivity index (χ2v) is 9.25. The van der Waals surface area contributed by atoms with Crippen molar-refractivity contribution in [2.24, 2.45) is 0 Å². The van der Waals surface area contributed by atoms with Gasteiger partial charge in [0, 0.05) is 11.8 Å². The summed E-state index contributed by atoms with van der Waals surface area (Å²) < 4.78 is 19.9. The van der Waals surface area contributed by atoms with Gasteiger partial charge in [-0.05, 0) is 79.3 Å². The lowest BCUT2D eigenvalue weighted by atomic mass is 10.0. The molecule has 0 spiro atoms. The molecule has 35 heavy (non-hydrogen) atoms. The number of aryl methyl sites for hydroxylation is 2. The number of ether oxygens (including phenoxy) is 1. The number of carbonyl (C=O) groups is 1. The number of hydrogen-bond acceptors (Lipinski definition) is 3. The first-order valence-corrected chi connectivity index (χ1v) is 13.2. The van der Waals surface area contributed by atoms with E-state index >= 15 is 0 Å². The van der Waals surface area contributed by atoms with E-state index < -0.39 is 11.8 Å². The minimum atomic E-state index is -0.686. The Morgan fingerprint density at radius 1 is 0.771 bits per heavy atom. The van der Waals surface area contributed by atoms with Crippen LogP contribution < -0.4 is 4.74 Å². The number of benzene rings is 2. The second kappa shape index (κ2) is 14.4. The summed E-state index contributed by atoms with van der Waals surface area (Å²) in [6, 6.07) is 16.1. The molecule has 0 saturated heterocycles. The highest BCUT2D eigenvalue weighted by atomic mass is 19.1. The summed E-state index contributed by atoms with van der Waals surface area (Å²) in [5.41, 5.74) is 3.94. The largest absolute Gasteiger partial charge is 0.423 e. The second-order valence-electron chi connectivity index (χ2n) is 9.25. The van der Waals surface area contributed by atoms with Crippen molar-refractivity contribution in [3.63, 3.8) is 0 Å². The minimum Gasteiger partial charge on any atom is -0.423 e. The third-order valence-corrected chi connectivity index (χ3v) is 6.33. The molecule has 0 N–H and O–H groups in total. The SMILES string of the molecule is CCCCCCCc1ccc(-c2ccc(OC(=O)c3ccc(CCCCCC)cc3F)cc2)nc1. The van der Waals surface area contributed by atoms with Crippen LogP contribution in [0.3, 0.4) is 0 Å². The number of pyridine rings is 1. The smallest absolute Gasteiger partial charge is 0.346 e. The number of unbranched alkanes of at least 4 members (excludes halogenated alkanes) is 7. The molecule has 0 aliphatic carbocycles. The van der Waals surface area contributed by atoms with Gasteiger partial charge < -0.3 is 4.74 Å². The van der Waals surface area contributed by atoms with E-state index in [9.17, 15) is 9.18 Å². The third-order valence-electron chi connectivity index (χ3n) is 6.33. The molecule has 0 unspecified atom stereocenters. The third kappa shape index (κ3) is 8.61. The maximum Gasteiger partial charge on any atom is 0.346 e. The normalized spacial score (nSPS) is 10.9. The van der Waals surface area contributed by atoms with E-state index in [-0.39, 0.29) is 5.56 Å². The van der Waals surface area contributed by atoms with Gasteiger partial charge in [-0.1, -0.05) is 70.9 Å². The van der Waals surface area contributed by atoms with Gasteiger partial charge in [0.05, 0.1) is 11.3 Å². The molecule has 0 saturated carbocycles. The van der Waals surface area contributed by atoms with E-state index in [0.29, 0.717) is 5.75 Å². The van der Waals surface area contributed by atoms with Crippen LogP contribution in [0.15, 0.2) is 60.8 Å². The van der Waals surface area contributed by atoms with Crippen molar-refractivity contribution in [1.82, 2.24) is 4.98 Å². The molecule has 186 valence electrons. The van der Waals surface area contributed by atoms with E-state index in [1.54, 1.807) is 12.1 Å². The molecular weight excluding hydrogens is 437 g/mol. The number of esters is 1. The predicted molar refractivity (Wildman–Crippen MR) is 141 cm³/mol. The summed E-state index contributed by atoms with van der Waals surface area (Å²) in [7, 11) is 0. The fraction of sp³-hybridized carbons (Fsp3) is 0.419. The van der Waals surface area contributed by atoms with Crippen LogP contribution in [0.25, 0.3) is 11.3 Å². The first kappa shape index (κ1) is 26.6. The Morgan fingerprint density at radius 3 is 2.03 bits per heavy atom. The Labute approximate surface area is 209 Å². The van der Waals surface area contributed by atoms with Gasteiger partial charge >= 0.3 is 5.97 Å². The van der Waals surface area contributed by atoms with Gasteiger partial charge in [-0.25, -0.2) is 9.18 Å². The highest BCUT2D eigenvalue weighted by Crippen LogP contribution is 2.23. The lowest BCUT2D eigenvalue weighted by Crippen LogP contribution is -2.11. The van der Waals surface area contributed by atoms with E-state index in [1.807, 2.05) is 30.5 Å². The van der Waals surface area contributed by atoms with Crippen molar-refractivity contribution >= 4 is 5.97 Å². The van der Waals surface area contributed by atoms with Gasteiger partial charge in [0.1, 0.15) is 11.6 Å². The lowest BCUT2D eigenvalue weighted by Gasteiger charge is -2.08. The zero-order valence-electron chi connectivity index (χ0n) is 21.2. The van der Waals surface area contributed by atoms with Gasteiger partial charge in [-0.2, -0.15) is 0 Å². The van der Waals surface area contributed by atoms with Crippen LogP contribution in [0.4, 0.5) is 4.39 Å². The summed E-state index contributed by atoms with van der Waals surface area (Å²) >= 11 is 0. The maximum absolute atomic E-state index is 14.5. The maximum atomic E-state index is 14.5. The standard InChI is InChI=1S/C31H38FNO2/c1-3-5-7-9-11-13-25-15-21-30(33-23-25)26-16-18-27(19-17-26)35-31(34)28-20-14-24(22-29(28)32)12-10-8-6-4-2/h14-23H,3-13H2,1-2H3. The van der Waals surface area contributed by atoms with Crippen LogP contribution in [0.5, 0.6) is 5.75 Å². The van der Waals surface area contributed by atoms with Gasteiger partial charge in [-0.3, -0.25) is 4.98 Å². The zero-order chi connectivity index (χ0) is 24.9. The summed E-state index contributed by atoms with van der Waals surface area (Å²) in [4.78, 5) is 17.1. The van der Waals surface area contributed by atoms with Crippen LogP contribution >= 0.6 is 0 Å². The van der Waals surface area contributed by atoms with Crippen molar-refractivity contribution in [2.45, 2.75) is 84.5 Å². The van der Waals surface area contributed by atoms with Gasteiger partial charge in [-0.15, -0.1) is 0 Å². The van der Waals surface area contributed by atoms with Crippen LogP contribution in [-0.2, 0) is 12.8 Å². The fourth-order valence-electron chi connectivity index (χ4n) is 4.17. The number of rotatable bonds is 14. The predicted octanol–water partition coefficient (Wildman–Crippen LogP) is 8.74. The van der Waals surface area contributed by atoms with E-state index in [1.165, 1.54) is 62.6 Å². The first-order valence-electron chi connectivity index (χ1n) is 13.2. The van der Waals surface area contributed by atoms with Crippen LogP contribution in [0.1, 0.15) is 93.1 Å². The number of aromatic nitrogens is 1. The van der Waals surface area contributed by atoms with Crippen molar-refractivity contribution in [2.75, 3.05) is 0 Å². The number of carbonyl (C=O) groups excluding carboxylic acids is 1. The molecule has 0 bridgehead atoms. The Balaban J connectivity index is 1.53. The molecular formula is C31H38FNO2. The molecule has 0 aliphatic heterocycles. The lowest BCUT2D eigenvalue weighted by molar-refractivity contribution is 0.0730. The average molecular weight is 476 g/mol. The molecule has 0 fully saturated rings. The minimum absolute atomic E-state index is 0.0432. The molecule has 0 atom stereocenters. The highest BCUT2D eigenvalue weighted by molar-refractivity contribution is 5.91. The van der Waals surface area contributed by atoms with E-state index in [2.05, 4.69) is 24.9 Å². The van der Waals surface area contributed by atoms with Crippen molar-refractivity contribution in [3.05, 3.63) is 83.3 Å². The van der Waals surface area contributed by atoms with Gasteiger partial charge in [0.2, 0.25) is 0 Å². The monoisotopic (exact) mass is 475 g/mol. The van der Waals surface area contributed by atoms with Gasteiger partial charge in [0.15, 0.2) is 0 Å². The molecule has 4 heteroatoms. The first-order chi connectivity index (χ1) is 17.1. The fourth-order valence-corrected chi connectivity index (χ4v) is 4.17. The van der Waals surface area contributed by atoms with E-state index in [4.69, 9.17) is 4.74 Å². The van der Waals surface area contributed by atoms with Crippen LogP contribution in [0, 0.1) is 5.82 Å². The van der Waals surface area contributed by atoms with Crippen molar-refractivity contribution in [3.8, 4) is 17.0 Å². The molecule has 3 aromatic rings. The molecule has 0 radical (unpaired) electrons. The number of hydrogen-bond donors (Lipinski definition) is 0. The number of halogens is 1. The molecule has 0 amide bonds. The quantitative estimate of drug-likeness (QED) is 0.133. The molecule has 3 nitrogen and oxygen atoms in total. The molecule has 0 aliphatic rings. The van der Waals surface area contributed by atoms with Crippen molar-refractivity contribution in [1.29, 1.82) is 0 Å². The average Bonchev–Trinajstić information content (AvgIpc) is 2.87. The van der Waals surface area contributed by atoms with Crippen LogP contribution in [0.2, 0.25) is 0 Å². The molecule has 2 aromatic carbocycles. The topological polar surface area (TPSA) is 39.2 Å². The Bertz CT molecular complexity index is 1040. The summed E-state index contributed by atoms with van der Waals surface area (Å²) in [6.07, 6.45) is 14.7. The summed E-state index contributed by atoms with van der Waals surface area (Å²) in [6.45, 7) is 4.39. The summed E-state index contributed by atoms with van der Waals surface area (Å²) in [5.74, 6) is -0.839. The van der Waals surface area contributed by atoms with Crippen molar-refractivity contribution < 1.29 is 13.9 Å². The molecule has 1 aromatic heterocycles. The Hall–Kier alpha value is -3.01. The Morgan fingerprint density at radius 2 is 1.40 bits per heavy atom. The van der Waals surface area contributed by atoms with E-state index in [0.717, 1.165) is 42.5 Å². The summed E-state index contributed by atoms with van der Waals surface area (Å²) in [5, 5.41) is 0. The molecule has 3 rings (SSSR count). The zero-order valence-corrected chi connectivity index (χ0v) is 21.2. The van der Waals surface area contributed by atoms with Gasteiger partial charge in [0.25, 0.3) is 0 Å². The number of nitrogens with zero attached hydrogens (tertiary/aromatic N) is 1. The highest BCUT2D eigenvalue weighted by Gasteiger charge is 2.15. The Kier molecular flexibility index (Phi) is 10.9. The molecule has 1 heterocycles. The van der Waals surface area contributed by atoms with Crippen LogP contribution in [-0.4, -0.2) is 11.0 Å².